The van der Waals surface area contributed by atoms with Crippen LogP contribution in [0.1, 0.15) is 31.1 Å². The lowest BCUT2D eigenvalue weighted by molar-refractivity contribution is 0.102. The molecule has 0 aliphatic carbocycles. The summed E-state index contributed by atoms with van der Waals surface area (Å²) in [5.41, 5.74) is 0.125. The second-order valence-electron chi connectivity index (χ2n) is 6.46. The van der Waals surface area contributed by atoms with E-state index >= 15 is 0 Å². The summed E-state index contributed by atoms with van der Waals surface area (Å²) >= 11 is 9.35. The molecule has 0 aliphatic heterocycles. The Labute approximate surface area is 161 Å². The standard InChI is InChI=1S/C17H18BrClN2O3S/c1-17(2,3)21-25(23,24)15-10-11(4-9-14(15)19)16(22)20-13-7-5-12(18)6-8-13/h4-10,21H,1-3H3,(H,20,22). The minimum atomic E-state index is -3.85. The van der Waals surface area contributed by atoms with Crippen LogP contribution in [0.15, 0.2) is 51.8 Å². The molecule has 0 saturated heterocycles. The number of carbonyl (C=O) groups excluding carboxylic acids is 1. The molecule has 2 N–H and O–H groups in total. The molecule has 1 amide bonds. The molecule has 0 atom stereocenters. The molecule has 0 fully saturated rings. The van der Waals surface area contributed by atoms with Crippen LogP contribution in [-0.2, 0) is 10.0 Å². The molecule has 25 heavy (non-hydrogen) atoms. The zero-order valence-corrected chi connectivity index (χ0v) is 17.1. The number of benzene rings is 2. The van der Waals surface area contributed by atoms with Crippen LogP contribution in [0.25, 0.3) is 0 Å². The Morgan fingerprint density at radius 2 is 1.68 bits per heavy atom. The number of hydrogen-bond donors (Lipinski definition) is 2. The molecule has 0 unspecified atom stereocenters. The Balaban J connectivity index is 2.32. The van der Waals surface area contributed by atoms with E-state index in [1.807, 2.05) is 0 Å². The predicted octanol–water partition coefficient (Wildman–Crippen LogP) is 4.43. The van der Waals surface area contributed by atoms with Crippen molar-refractivity contribution in [3.8, 4) is 0 Å². The van der Waals surface area contributed by atoms with Crippen molar-refractivity contribution >= 4 is 49.1 Å². The second kappa shape index (κ2) is 7.45. The van der Waals surface area contributed by atoms with Gasteiger partial charge in [-0.15, -0.1) is 0 Å². The van der Waals surface area contributed by atoms with E-state index in [9.17, 15) is 13.2 Å². The van der Waals surface area contributed by atoms with Crippen molar-refractivity contribution in [1.29, 1.82) is 0 Å². The summed E-state index contributed by atoms with van der Waals surface area (Å²) in [7, 11) is -3.85. The van der Waals surface area contributed by atoms with E-state index in [0.29, 0.717) is 5.69 Å². The van der Waals surface area contributed by atoms with Gasteiger partial charge in [-0.2, -0.15) is 0 Å². The molecule has 0 heterocycles. The van der Waals surface area contributed by atoms with E-state index in [1.54, 1.807) is 45.0 Å². The highest BCUT2D eigenvalue weighted by Crippen LogP contribution is 2.24. The maximum Gasteiger partial charge on any atom is 0.255 e. The summed E-state index contributed by atoms with van der Waals surface area (Å²) < 4.78 is 28.4. The molecular weight excluding hydrogens is 428 g/mol. The van der Waals surface area contributed by atoms with Crippen molar-refractivity contribution in [2.75, 3.05) is 5.32 Å². The minimum absolute atomic E-state index is 0.0527. The summed E-state index contributed by atoms with van der Waals surface area (Å²) in [6.45, 7) is 5.17. The Hall–Kier alpha value is -1.41. The number of halogens is 2. The molecular formula is C17H18BrClN2O3S. The number of anilines is 1. The van der Waals surface area contributed by atoms with Crippen molar-refractivity contribution in [1.82, 2.24) is 4.72 Å². The first-order chi connectivity index (χ1) is 11.5. The van der Waals surface area contributed by atoms with Gasteiger partial charge in [0.1, 0.15) is 4.90 Å². The second-order valence-corrected chi connectivity index (χ2v) is 9.44. The van der Waals surface area contributed by atoms with Crippen LogP contribution in [0.3, 0.4) is 0 Å². The monoisotopic (exact) mass is 444 g/mol. The van der Waals surface area contributed by atoms with Crippen molar-refractivity contribution < 1.29 is 13.2 Å². The van der Waals surface area contributed by atoms with E-state index in [-0.39, 0.29) is 15.5 Å². The summed E-state index contributed by atoms with van der Waals surface area (Å²) in [5, 5.41) is 2.77. The van der Waals surface area contributed by atoms with Crippen LogP contribution in [0.5, 0.6) is 0 Å². The molecule has 2 aromatic carbocycles. The van der Waals surface area contributed by atoms with Gasteiger partial charge in [0.15, 0.2) is 0 Å². The molecule has 5 nitrogen and oxygen atoms in total. The van der Waals surface area contributed by atoms with Crippen molar-refractivity contribution in [2.24, 2.45) is 0 Å². The maximum atomic E-state index is 12.5. The van der Waals surface area contributed by atoms with Crippen LogP contribution in [0.2, 0.25) is 5.02 Å². The van der Waals surface area contributed by atoms with Gasteiger partial charge in [-0.25, -0.2) is 13.1 Å². The van der Waals surface area contributed by atoms with Crippen molar-refractivity contribution in [2.45, 2.75) is 31.2 Å². The predicted molar refractivity (Wildman–Crippen MR) is 104 cm³/mol. The first-order valence-electron chi connectivity index (χ1n) is 7.38. The van der Waals surface area contributed by atoms with Crippen LogP contribution in [-0.4, -0.2) is 19.9 Å². The molecule has 0 aromatic heterocycles. The van der Waals surface area contributed by atoms with Gasteiger partial charge in [0.25, 0.3) is 5.91 Å². The highest BCUT2D eigenvalue weighted by Gasteiger charge is 2.25. The summed E-state index contributed by atoms with van der Waals surface area (Å²) in [6.07, 6.45) is 0. The smallest absolute Gasteiger partial charge is 0.255 e. The third-order valence-corrected chi connectivity index (χ3v) is 5.79. The minimum Gasteiger partial charge on any atom is -0.322 e. The van der Waals surface area contributed by atoms with E-state index in [1.165, 1.54) is 18.2 Å². The quantitative estimate of drug-likeness (QED) is 0.731. The summed E-state index contributed by atoms with van der Waals surface area (Å²) in [5.74, 6) is -0.425. The number of carbonyl (C=O) groups is 1. The Bertz CT molecular complexity index is 891. The summed E-state index contributed by atoms with van der Waals surface area (Å²) in [6, 6.07) is 11.2. The zero-order valence-electron chi connectivity index (χ0n) is 13.9. The van der Waals surface area contributed by atoms with Crippen molar-refractivity contribution in [3.05, 3.63) is 57.5 Å². The SMILES string of the molecule is CC(C)(C)NS(=O)(=O)c1cc(C(=O)Nc2ccc(Br)cc2)ccc1Cl. The first-order valence-corrected chi connectivity index (χ1v) is 10.0. The van der Waals surface area contributed by atoms with Gasteiger partial charge in [-0.1, -0.05) is 27.5 Å². The van der Waals surface area contributed by atoms with E-state index in [0.717, 1.165) is 4.47 Å². The molecule has 2 aromatic rings. The number of rotatable bonds is 4. The zero-order chi connectivity index (χ0) is 18.8. The van der Waals surface area contributed by atoms with E-state index in [2.05, 4.69) is 26.0 Å². The largest absolute Gasteiger partial charge is 0.322 e. The Morgan fingerprint density at radius 1 is 1.08 bits per heavy atom. The highest BCUT2D eigenvalue weighted by atomic mass is 79.9. The van der Waals surface area contributed by atoms with Gasteiger partial charge < -0.3 is 5.32 Å². The van der Waals surface area contributed by atoms with Gasteiger partial charge in [0.05, 0.1) is 5.02 Å². The normalized spacial score (nSPS) is 12.0. The Kier molecular flexibility index (Phi) is 5.93. The fourth-order valence-electron chi connectivity index (χ4n) is 2.05. The highest BCUT2D eigenvalue weighted by molar-refractivity contribution is 9.10. The fourth-order valence-corrected chi connectivity index (χ4v) is 4.25. The number of hydrogen-bond acceptors (Lipinski definition) is 3. The van der Waals surface area contributed by atoms with E-state index in [4.69, 9.17) is 11.6 Å². The van der Waals surface area contributed by atoms with Crippen LogP contribution < -0.4 is 10.0 Å². The van der Waals surface area contributed by atoms with Crippen LogP contribution in [0.4, 0.5) is 5.69 Å². The van der Waals surface area contributed by atoms with Gasteiger partial charge in [-0.3, -0.25) is 4.79 Å². The van der Waals surface area contributed by atoms with Crippen LogP contribution in [0, 0.1) is 0 Å². The van der Waals surface area contributed by atoms with E-state index < -0.39 is 21.5 Å². The van der Waals surface area contributed by atoms with Crippen molar-refractivity contribution in [3.63, 3.8) is 0 Å². The summed E-state index contributed by atoms with van der Waals surface area (Å²) in [4.78, 5) is 12.3. The average Bonchev–Trinajstić information content (AvgIpc) is 2.47. The molecule has 0 saturated carbocycles. The van der Waals surface area contributed by atoms with Gasteiger partial charge in [0.2, 0.25) is 10.0 Å². The lowest BCUT2D eigenvalue weighted by Crippen LogP contribution is -2.40. The number of amides is 1. The third-order valence-electron chi connectivity index (χ3n) is 3.03. The molecule has 134 valence electrons. The topological polar surface area (TPSA) is 75.3 Å². The Morgan fingerprint density at radius 3 is 2.24 bits per heavy atom. The van der Waals surface area contributed by atoms with Gasteiger partial charge >= 0.3 is 0 Å². The molecule has 0 spiro atoms. The molecule has 8 heteroatoms. The number of nitrogens with one attached hydrogen (secondary N) is 2. The first kappa shape index (κ1) is 19.9. The maximum absolute atomic E-state index is 12.5. The molecule has 0 radical (unpaired) electrons. The lowest BCUT2D eigenvalue weighted by atomic mass is 10.1. The number of sulfonamides is 1. The molecule has 2 rings (SSSR count). The van der Waals surface area contributed by atoms with Gasteiger partial charge in [-0.05, 0) is 63.2 Å². The molecule has 0 bridgehead atoms. The average molecular weight is 446 g/mol. The molecule has 0 aliphatic rings. The fraction of sp³-hybridized carbons (Fsp3) is 0.235. The third kappa shape index (κ3) is 5.54. The van der Waals surface area contributed by atoms with Crippen LogP contribution >= 0.6 is 27.5 Å². The van der Waals surface area contributed by atoms with Gasteiger partial charge in [0, 0.05) is 21.3 Å². The lowest BCUT2D eigenvalue weighted by Gasteiger charge is -2.21.